The van der Waals surface area contributed by atoms with Crippen molar-refractivity contribution in [2.24, 2.45) is 5.73 Å². The van der Waals surface area contributed by atoms with E-state index in [4.69, 9.17) is 10.5 Å². The molecular formula is C18H24N2O. The minimum atomic E-state index is 0.675. The van der Waals surface area contributed by atoms with Gasteiger partial charge in [0.2, 0.25) is 0 Å². The van der Waals surface area contributed by atoms with Gasteiger partial charge in [0, 0.05) is 23.4 Å². The number of nitrogens with two attached hydrogens (primary N) is 1. The molecule has 0 saturated carbocycles. The molecule has 3 heteroatoms. The molecule has 0 spiro atoms. The second-order valence-electron chi connectivity index (χ2n) is 5.64. The molecule has 3 rings (SSSR count). The molecule has 0 amide bonds. The van der Waals surface area contributed by atoms with Gasteiger partial charge in [-0.25, -0.2) is 0 Å². The Bertz CT molecular complexity index is 614. The van der Waals surface area contributed by atoms with Gasteiger partial charge in [0.05, 0.1) is 0 Å². The molecule has 2 aliphatic heterocycles. The van der Waals surface area contributed by atoms with Crippen molar-refractivity contribution in [3.63, 3.8) is 0 Å². The number of fused-ring (bicyclic) bond motifs is 3. The van der Waals surface area contributed by atoms with Crippen LogP contribution in [0.4, 0.5) is 5.69 Å². The Balaban J connectivity index is 2.11. The fourth-order valence-corrected chi connectivity index (χ4v) is 3.22. The van der Waals surface area contributed by atoms with Gasteiger partial charge in [-0.3, -0.25) is 0 Å². The van der Waals surface area contributed by atoms with Gasteiger partial charge in [-0.1, -0.05) is 13.8 Å². The highest BCUT2D eigenvalue weighted by molar-refractivity contribution is 5.75. The molecule has 0 atom stereocenters. The normalized spacial score (nSPS) is 18.3. The summed E-state index contributed by atoms with van der Waals surface area (Å²) in [6, 6.07) is 4.33. The van der Waals surface area contributed by atoms with Gasteiger partial charge in [0.25, 0.3) is 0 Å². The van der Waals surface area contributed by atoms with Gasteiger partial charge in [0.15, 0.2) is 0 Å². The summed E-state index contributed by atoms with van der Waals surface area (Å²) in [4.78, 5) is 0. The summed E-state index contributed by atoms with van der Waals surface area (Å²) in [5.74, 6) is 2.12. The molecule has 1 aromatic rings. The van der Waals surface area contributed by atoms with Crippen molar-refractivity contribution in [3.8, 4) is 5.75 Å². The number of benzene rings is 1. The Morgan fingerprint density at radius 2 is 2.19 bits per heavy atom. The number of anilines is 1. The van der Waals surface area contributed by atoms with Crippen molar-refractivity contribution < 1.29 is 4.74 Å². The van der Waals surface area contributed by atoms with Crippen LogP contribution >= 0.6 is 0 Å². The number of hydrogen-bond donors (Lipinski definition) is 2. The molecule has 0 saturated heterocycles. The first kappa shape index (κ1) is 14.2. The van der Waals surface area contributed by atoms with Crippen LogP contribution in [-0.4, -0.2) is 13.1 Å². The molecule has 0 aliphatic carbocycles. The van der Waals surface area contributed by atoms with Crippen LogP contribution in [0.25, 0.3) is 6.08 Å². The van der Waals surface area contributed by atoms with Crippen LogP contribution in [-0.2, 0) is 6.42 Å². The van der Waals surface area contributed by atoms with Crippen LogP contribution in [0, 0.1) is 0 Å². The second kappa shape index (κ2) is 5.94. The second-order valence-corrected chi connectivity index (χ2v) is 5.64. The largest absolute Gasteiger partial charge is 0.456 e. The monoisotopic (exact) mass is 284 g/mol. The third kappa shape index (κ3) is 2.46. The van der Waals surface area contributed by atoms with Gasteiger partial charge in [-0.05, 0) is 61.6 Å². The molecule has 0 radical (unpaired) electrons. The molecule has 0 aromatic heterocycles. The average molecular weight is 284 g/mol. The summed E-state index contributed by atoms with van der Waals surface area (Å²) < 4.78 is 6.40. The topological polar surface area (TPSA) is 47.3 Å². The molecule has 0 unspecified atom stereocenters. The Morgan fingerprint density at radius 3 is 2.90 bits per heavy atom. The third-order valence-corrected chi connectivity index (χ3v) is 4.38. The average Bonchev–Trinajstić information content (AvgIpc) is 3.00. The Kier molecular flexibility index (Phi) is 4.02. The SMILES string of the molecule is CCC1=Cc2ccc3c(c2O/C1=C(/CC)CCN)CCN3. The Hall–Kier alpha value is -1.74. The van der Waals surface area contributed by atoms with E-state index < -0.39 is 0 Å². The highest BCUT2D eigenvalue weighted by Gasteiger charge is 2.25. The van der Waals surface area contributed by atoms with Crippen LogP contribution in [0.1, 0.15) is 44.2 Å². The van der Waals surface area contributed by atoms with E-state index in [0.29, 0.717) is 6.54 Å². The number of ether oxygens (including phenoxy) is 1. The lowest BCUT2D eigenvalue weighted by molar-refractivity contribution is 0.413. The first-order chi connectivity index (χ1) is 10.3. The Morgan fingerprint density at radius 1 is 1.33 bits per heavy atom. The van der Waals surface area contributed by atoms with Crippen molar-refractivity contribution in [2.45, 2.75) is 39.5 Å². The maximum absolute atomic E-state index is 6.40. The fourth-order valence-electron chi connectivity index (χ4n) is 3.22. The van der Waals surface area contributed by atoms with Gasteiger partial charge >= 0.3 is 0 Å². The maximum Gasteiger partial charge on any atom is 0.139 e. The summed E-state index contributed by atoms with van der Waals surface area (Å²) in [5.41, 5.74) is 12.1. The smallest absolute Gasteiger partial charge is 0.139 e. The molecule has 21 heavy (non-hydrogen) atoms. The molecule has 1 aromatic carbocycles. The summed E-state index contributed by atoms with van der Waals surface area (Å²) in [6.45, 7) is 6.04. The first-order valence-corrected chi connectivity index (χ1v) is 7.99. The number of nitrogens with one attached hydrogen (secondary N) is 1. The zero-order valence-electron chi connectivity index (χ0n) is 13.0. The quantitative estimate of drug-likeness (QED) is 0.882. The fraction of sp³-hybridized carbons (Fsp3) is 0.444. The minimum Gasteiger partial charge on any atom is -0.456 e. The van der Waals surface area contributed by atoms with Gasteiger partial charge in [0.1, 0.15) is 11.5 Å². The van der Waals surface area contributed by atoms with Crippen LogP contribution in [0.3, 0.4) is 0 Å². The van der Waals surface area contributed by atoms with E-state index in [9.17, 15) is 0 Å². The van der Waals surface area contributed by atoms with E-state index in [2.05, 4.69) is 37.4 Å². The summed E-state index contributed by atoms with van der Waals surface area (Å²) >= 11 is 0. The van der Waals surface area contributed by atoms with Crippen LogP contribution < -0.4 is 15.8 Å². The molecule has 2 aliphatic rings. The lowest BCUT2D eigenvalue weighted by Gasteiger charge is -2.25. The minimum absolute atomic E-state index is 0.675. The van der Waals surface area contributed by atoms with Gasteiger partial charge in [-0.15, -0.1) is 0 Å². The van der Waals surface area contributed by atoms with Crippen LogP contribution in [0.5, 0.6) is 5.75 Å². The van der Waals surface area contributed by atoms with E-state index in [1.54, 1.807) is 0 Å². The molecular weight excluding hydrogens is 260 g/mol. The summed E-state index contributed by atoms with van der Waals surface area (Å²) in [7, 11) is 0. The summed E-state index contributed by atoms with van der Waals surface area (Å²) in [5, 5.41) is 3.42. The maximum atomic E-state index is 6.40. The molecule has 2 heterocycles. The highest BCUT2D eigenvalue weighted by Crippen LogP contribution is 2.42. The molecule has 0 bridgehead atoms. The van der Waals surface area contributed by atoms with Gasteiger partial charge in [-0.2, -0.15) is 0 Å². The van der Waals surface area contributed by atoms with Crippen LogP contribution in [0.2, 0.25) is 0 Å². The van der Waals surface area contributed by atoms with Crippen molar-refractivity contribution in [1.82, 2.24) is 0 Å². The first-order valence-electron chi connectivity index (χ1n) is 7.99. The van der Waals surface area contributed by atoms with Crippen LogP contribution in [0.15, 0.2) is 29.0 Å². The van der Waals surface area contributed by atoms with Crippen molar-refractivity contribution in [3.05, 3.63) is 40.2 Å². The lowest BCUT2D eigenvalue weighted by Crippen LogP contribution is -2.12. The third-order valence-electron chi connectivity index (χ3n) is 4.38. The highest BCUT2D eigenvalue weighted by atomic mass is 16.5. The predicted octanol–water partition coefficient (Wildman–Crippen LogP) is 3.85. The molecule has 0 fully saturated rings. The molecule has 3 nitrogen and oxygen atoms in total. The van der Waals surface area contributed by atoms with Crippen molar-refractivity contribution in [1.29, 1.82) is 0 Å². The standard InChI is InChI=1S/C18H24N2O/c1-3-12(7-9-19)17-13(4-2)11-14-5-6-16-15(8-10-20-16)18(14)21-17/h5-6,11,20H,3-4,7-10,19H2,1-2H3/b17-12-. The number of hydrogen-bond acceptors (Lipinski definition) is 3. The number of rotatable bonds is 4. The Labute approximate surface area is 126 Å². The van der Waals surface area contributed by atoms with E-state index >= 15 is 0 Å². The molecule has 3 N–H and O–H groups in total. The van der Waals surface area contributed by atoms with E-state index in [0.717, 1.165) is 43.7 Å². The number of allylic oxidation sites excluding steroid dienone is 1. The predicted molar refractivity (Wildman–Crippen MR) is 88.5 cm³/mol. The van der Waals surface area contributed by atoms with Crippen molar-refractivity contribution >= 4 is 11.8 Å². The zero-order chi connectivity index (χ0) is 14.8. The summed E-state index contributed by atoms with van der Waals surface area (Å²) in [6.07, 6.45) is 6.22. The van der Waals surface area contributed by atoms with E-state index in [1.807, 2.05) is 0 Å². The van der Waals surface area contributed by atoms with Crippen molar-refractivity contribution in [2.75, 3.05) is 18.4 Å². The lowest BCUT2D eigenvalue weighted by atomic mass is 9.95. The van der Waals surface area contributed by atoms with E-state index in [1.165, 1.54) is 28.0 Å². The zero-order valence-corrected chi connectivity index (χ0v) is 13.0. The molecule has 112 valence electrons. The van der Waals surface area contributed by atoms with E-state index in [-0.39, 0.29) is 0 Å². The van der Waals surface area contributed by atoms with Gasteiger partial charge < -0.3 is 15.8 Å².